The lowest BCUT2D eigenvalue weighted by atomic mass is 10.1. The maximum absolute atomic E-state index is 12.8. The molecule has 2 aromatic rings. The second-order valence-electron chi connectivity index (χ2n) is 4.98. The van der Waals surface area contributed by atoms with Crippen molar-refractivity contribution in [2.45, 2.75) is 6.18 Å². The number of ether oxygens (including phenoxy) is 1. The summed E-state index contributed by atoms with van der Waals surface area (Å²) >= 11 is 0. The number of methoxy groups -OCH3 is 1. The predicted molar refractivity (Wildman–Crippen MR) is 85.9 cm³/mol. The number of benzene rings is 2. The molecular weight excluding hydrogens is 335 g/mol. The molecule has 0 aliphatic rings. The number of carbonyl (C=O) groups excluding carboxylic acids is 2. The number of hydrogen-bond acceptors (Lipinski definition) is 4. The van der Waals surface area contributed by atoms with Crippen molar-refractivity contribution >= 4 is 17.4 Å². The Kier molecular flexibility index (Phi) is 5.59. The van der Waals surface area contributed by atoms with E-state index in [1.54, 1.807) is 30.3 Å². The number of alkyl halides is 3. The fourth-order valence-corrected chi connectivity index (χ4v) is 2.00. The molecule has 0 spiro atoms. The van der Waals surface area contributed by atoms with E-state index in [0.717, 1.165) is 25.3 Å². The van der Waals surface area contributed by atoms with Gasteiger partial charge in [-0.05, 0) is 18.2 Å². The molecule has 0 aliphatic carbocycles. The molecule has 2 aromatic carbocycles. The summed E-state index contributed by atoms with van der Waals surface area (Å²) in [6.45, 7) is 0. The van der Waals surface area contributed by atoms with E-state index in [0.29, 0.717) is 5.56 Å². The van der Waals surface area contributed by atoms with Crippen LogP contribution in [0.15, 0.2) is 66.4 Å². The molecule has 0 atom stereocenters. The molecule has 0 saturated carbocycles. The van der Waals surface area contributed by atoms with Crippen LogP contribution in [-0.2, 0) is 15.7 Å². The third-order valence-corrected chi connectivity index (χ3v) is 3.21. The molecule has 0 unspecified atom stereocenters. The van der Waals surface area contributed by atoms with E-state index in [9.17, 15) is 22.8 Å². The van der Waals surface area contributed by atoms with Crippen molar-refractivity contribution in [2.24, 2.45) is 0 Å². The van der Waals surface area contributed by atoms with Gasteiger partial charge in [0.05, 0.1) is 12.7 Å². The molecule has 4 nitrogen and oxygen atoms in total. The Bertz CT molecular complexity index is 799. The number of hydrogen-bond donors (Lipinski definition) is 1. The van der Waals surface area contributed by atoms with Gasteiger partial charge in [0.1, 0.15) is 5.70 Å². The van der Waals surface area contributed by atoms with Crippen LogP contribution in [0.2, 0.25) is 0 Å². The van der Waals surface area contributed by atoms with Gasteiger partial charge in [0, 0.05) is 17.3 Å². The largest absolute Gasteiger partial charge is 0.464 e. The number of nitrogens with one attached hydrogen (secondary N) is 1. The van der Waals surface area contributed by atoms with Gasteiger partial charge in [0.25, 0.3) is 0 Å². The van der Waals surface area contributed by atoms with E-state index in [1.165, 1.54) is 12.1 Å². The predicted octanol–water partition coefficient (Wildman–Crippen LogP) is 4.06. The lowest BCUT2D eigenvalue weighted by molar-refractivity contribution is -0.137. The van der Waals surface area contributed by atoms with Crippen LogP contribution in [-0.4, -0.2) is 18.9 Å². The number of anilines is 1. The van der Waals surface area contributed by atoms with Crippen molar-refractivity contribution < 1.29 is 27.5 Å². The highest BCUT2D eigenvalue weighted by Crippen LogP contribution is 2.31. The first kappa shape index (κ1) is 18.3. The van der Waals surface area contributed by atoms with Crippen molar-refractivity contribution in [3.05, 3.63) is 77.5 Å². The minimum atomic E-state index is -4.52. The highest BCUT2D eigenvalue weighted by atomic mass is 19.4. The normalized spacial score (nSPS) is 11.8. The quantitative estimate of drug-likeness (QED) is 0.502. The summed E-state index contributed by atoms with van der Waals surface area (Å²) < 4.78 is 42.9. The third kappa shape index (κ3) is 4.94. The van der Waals surface area contributed by atoms with Crippen molar-refractivity contribution in [1.82, 2.24) is 0 Å². The summed E-state index contributed by atoms with van der Waals surface area (Å²) in [5.74, 6) is -1.36. The Morgan fingerprint density at radius 3 is 2.32 bits per heavy atom. The van der Waals surface area contributed by atoms with Gasteiger partial charge in [-0.2, -0.15) is 13.2 Å². The summed E-state index contributed by atoms with van der Waals surface area (Å²) in [6, 6.07) is 12.4. The number of carbonyl (C=O) groups is 2. The molecule has 0 fully saturated rings. The number of allylic oxidation sites excluding steroid dienone is 1. The number of ketones is 1. The van der Waals surface area contributed by atoms with Crippen LogP contribution in [0.4, 0.5) is 18.9 Å². The first-order valence-corrected chi connectivity index (χ1v) is 7.15. The van der Waals surface area contributed by atoms with Crippen molar-refractivity contribution in [3.8, 4) is 0 Å². The Morgan fingerprint density at radius 1 is 1.04 bits per heavy atom. The lowest BCUT2D eigenvalue weighted by Crippen LogP contribution is -2.15. The molecule has 0 heterocycles. The van der Waals surface area contributed by atoms with E-state index in [-0.39, 0.29) is 11.4 Å². The molecule has 0 aliphatic heterocycles. The summed E-state index contributed by atoms with van der Waals surface area (Å²) in [7, 11) is 1.11. The van der Waals surface area contributed by atoms with E-state index in [1.807, 2.05) is 0 Å². The van der Waals surface area contributed by atoms with Crippen molar-refractivity contribution in [3.63, 3.8) is 0 Å². The molecule has 130 valence electrons. The van der Waals surface area contributed by atoms with Gasteiger partial charge in [-0.15, -0.1) is 0 Å². The van der Waals surface area contributed by atoms with E-state index in [2.05, 4.69) is 10.1 Å². The summed E-state index contributed by atoms with van der Waals surface area (Å²) in [4.78, 5) is 24.0. The van der Waals surface area contributed by atoms with Crippen molar-refractivity contribution in [2.75, 3.05) is 12.4 Å². The fourth-order valence-electron chi connectivity index (χ4n) is 2.00. The highest BCUT2D eigenvalue weighted by Gasteiger charge is 2.30. The van der Waals surface area contributed by atoms with Gasteiger partial charge < -0.3 is 10.1 Å². The second kappa shape index (κ2) is 7.65. The number of halogens is 3. The standard InChI is InChI=1S/C18H14F3NO3/c1-25-17(24)15(11-16(23)12-6-3-2-4-7-12)22-14-9-5-8-13(10-14)18(19,20)21/h2-11,22H,1H3/b15-11-. The third-order valence-electron chi connectivity index (χ3n) is 3.21. The van der Waals surface area contributed by atoms with Crippen molar-refractivity contribution in [1.29, 1.82) is 0 Å². The van der Waals surface area contributed by atoms with Crippen LogP contribution >= 0.6 is 0 Å². The molecule has 1 N–H and O–H groups in total. The second-order valence-corrected chi connectivity index (χ2v) is 4.98. The fraction of sp³-hybridized carbons (Fsp3) is 0.111. The van der Waals surface area contributed by atoms with Crippen LogP contribution in [0.25, 0.3) is 0 Å². The van der Waals surface area contributed by atoms with Crippen LogP contribution in [0.3, 0.4) is 0 Å². The Labute approximate surface area is 141 Å². The van der Waals surface area contributed by atoms with E-state index in [4.69, 9.17) is 0 Å². The van der Waals surface area contributed by atoms with Gasteiger partial charge in [0.15, 0.2) is 5.78 Å². The first-order valence-electron chi connectivity index (χ1n) is 7.15. The lowest BCUT2D eigenvalue weighted by Gasteiger charge is -2.12. The molecule has 7 heteroatoms. The maximum atomic E-state index is 12.8. The van der Waals surface area contributed by atoms with E-state index < -0.39 is 23.5 Å². The van der Waals surface area contributed by atoms with Crippen LogP contribution in [0.1, 0.15) is 15.9 Å². The number of esters is 1. The molecule has 0 bridgehead atoms. The highest BCUT2D eigenvalue weighted by molar-refractivity contribution is 6.09. The molecule has 2 rings (SSSR count). The Morgan fingerprint density at radius 2 is 1.72 bits per heavy atom. The minimum Gasteiger partial charge on any atom is -0.464 e. The summed E-state index contributed by atoms with van der Waals surface area (Å²) in [5, 5.41) is 2.51. The molecule has 0 aromatic heterocycles. The first-order chi connectivity index (χ1) is 11.8. The van der Waals surface area contributed by atoms with Gasteiger partial charge in [-0.3, -0.25) is 4.79 Å². The topological polar surface area (TPSA) is 55.4 Å². The smallest absolute Gasteiger partial charge is 0.416 e. The monoisotopic (exact) mass is 349 g/mol. The van der Waals surface area contributed by atoms with Crippen LogP contribution in [0, 0.1) is 0 Å². The average molecular weight is 349 g/mol. The van der Waals surface area contributed by atoms with Gasteiger partial charge >= 0.3 is 12.1 Å². The summed E-state index contributed by atoms with van der Waals surface area (Å²) in [5.41, 5.74) is -0.811. The molecule has 0 saturated heterocycles. The SMILES string of the molecule is COC(=O)/C(=C/C(=O)c1ccccc1)Nc1cccc(C(F)(F)F)c1. The van der Waals surface area contributed by atoms with Crippen LogP contribution < -0.4 is 5.32 Å². The number of rotatable bonds is 5. The molecular formula is C18H14F3NO3. The van der Waals surface area contributed by atoms with Gasteiger partial charge in [-0.1, -0.05) is 36.4 Å². The Hall–Kier alpha value is -3.09. The molecule has 0 radical (unpaired) electrons. The molecule has 0 amide bonds. The van der Waals surface area contributed by atoms with Gasteiger partial charge in [0.2, 0.25) is 0 Å². The average Bonchev–Trinajstić information content (AvgIpc) is 2.60. The minimum absolute atomic E-state index is 0.00679. The van der Waals surface area contributed by atoms with E-state index >= 15 is 0 Å². The summed E-state index contributed by atoms with van der Waals surface area (Å²) in [6.07, 6.45) is -3.53. The zero-order valence-corrected chi connectivity index (χ0v) is 13.1. The van der Waals surface area contributed by atoms with Crippen LogP contribution in [0.5, 0.6) is 0 Å². The molecule has 25 heavy (non-hydrogen) atoms. The maximum Gasteiger partial charge on any atom is 0.416 e. The van der Waals surface area contributed by atoms with Gasteiger partial charge in [-0.25, -0.2) is 4.79 Å². The zero-order valence-electron chi connectivity index (χ0n) is 13.1. The zero-order chi connectivity index (χ0) is 18.4. The Balaban J connectivity index is 2.32.